The summed E-state index contributed by atoms with van der Waals surface area (Å²) in [5.74, 6) is 0.576. The lowest BCUT2D eigenvalue weighted by Gasteiger charge is -2.15. The molecule has 0 amide bonds. The van der Waals surface area contributed by atoms with Gasteiger partial charge in [0, 0.05) is 12.8 Å². The van der Waals surface area contributed by atoms with E-state index < -0.39 is 0 Å². The van der Waals surface area contributed by atoms with Crippen molar-refractivity contribution in [3.8, 4) is 0 Å². The fraction of sp³-hybridized carbons (Fsp3) is 0.926. The number of carbonyl (C=O) groups is 2. The van der Waals surface area contributed by atoms with Crippen LogP contribution in [0.25, 0.3) is 0 Å². The Morgan fingerprint density at radius 3 is 1.35 bits per heavy atom. The van der Waals surface area contributed by atoms with Gasteiger partial charge in [0.2, 0.25) is 0 Å². The minimum Gasteiger partial charge on any atom is -0.463 e. The molecule has 1 atom stereocenters. The van der Waals surface area contributed by atoms with E-state index in [1.54, 1.807) is 0 Å². The summed E-state index contributed by atoms with van der Waals surface area (Å²) in [5.41, 5.74) is 0. The van der Waals surface area contributed by atoms with Gasteiger partial charge < -0.3 is 9.47 Å². The molecule has 4 nitrogen and oxygen atoms in total. The van der Waals surface area contributed by atoms with Gasteiger partial charge in [0.1, 0.15) is 0 Å². The van der Waals surface area contributed by atoms with Gasteiger partial charge in [-0.15, -0.1) is 0 Å². The van der Waals surface area contributed by atoms with Crippen LogP contribution in [0.5, 0.6) is 0 Å². The minimum absolute atomic E-state index is 0.000489. The molecule has 0 aliphatic rings. The van der Waals surface area contributed by atoms with Crippen molar-refractivity contribution in [1.82, 2.24) is 0 Å². The predicted molar refractivity (Wildman–Crippen MR) is 130 cm³/mol. The van der Waals surface area contributed by atoms with E-state index in [-0.39, 0.29) is 24.1 Å². The van der Waals surface area contributed by atoms with Crippen LogP contribution in [0.2, 0.25) is 0 Å². The van der Waals surface area contributed by atoms with E-state index in [4.69, 9.17) is 9.47 Å². The molecule has 4 heteroatoms. The lowest BCUT2D eigenvalue weighted by molar-refractivity contribution is -0.148. The summed E-state index contributed by atoms with van der Waals surface area (Å²) in [6.07, 6.45) is 19.9. The molecule has 184 valence electrons. The molecular weight excluding hydrogens is 388 g/mol. The average Bonchev–Trinajstić information content (AvgIpc) is 2.69. The van der Waals surface area contributed by atoms with Gasteiger partial charge in [0.25, 0.3) is 0 Å². The van der Waals surface area contributed by atoms with Crippen LogP contribution in [0.3, 0.4) is 0 Å². The monoisotopic (exact) mass is 440 g/mol. The van der Waals surface area contributed by atoms with Gasteiger partial charge in [-0.1, -0.05) is 90.4 Å². The first-order chi connectivity index (χ1) is 14.8. The third-order valence-electron chi connectivity index (χ3n) is 5.81. The van der Waals surface area contributed by atoms with E-state index in [1.165, 1.54) is 70.6 Å². The Kier molecular flexibility index (Phi) is 20.1. The number of hydrogen-bond donors (Lipinski definition) is 0. The van der Waals surface area contributed by atoms with Crippen molar-refractivity contribution in [3.63, 3.8) is 0 Å². The van der Waals surface area contributed by atoms with E-state index >= 15 is 0 Å². The van der Waals surface area contributed by atoms with Crippen LogP contribution in [0, 0.1) is 5.92 Å². The maximum atomic E-state index is 11.7. The predicted octanol–water partition coefficient (Wildman–Crippen LogP) is 8.16. The lowest BCUT2D eigenvalue weighted by atomic mass is 9.93. The third-order valence-corrected chi connectivity index (χ3v) is 5.81. The number of ether oxygens (including phenoxy) is 2. The summed E-state index contributed by atoms with van der Waals surface area (Å²) in [4.78, 5) is 23.1. The maximum absolute atomic E-state index is 11.7. The molecular formula is C27H52O4. The summed E-state index contributed by atoms with van der Waals surface area (Å²) in [7, 11) is 0. The van der Waals surface area contributed by atoms with Gasteiger partial charge in [0.05, 0.1) is 12.2 Å². The zero-order valence-electron chi connectivity index (χ0n) is 21.4. The van der Waals surface area contributed by atoms with Crippen molar-refractivity contribution in [3.05, 3.63) is 0 Å². The Morgan fingerprint density at radius 1 is 0.548 bits per heavy atom. The van der Waals surface area contributed by atoms with E-state index in [0.717, 1.165) is 25.7 Å². The summed E-state index contributed by atoms with van der Waals surface area (Å²) in [6, 6.07) is 0. The highest BCUT2D eigenvalue weighted by atomic mass is 16.5. The molecule has 0 aromatic carbocycles. The molecule has 0 aromatic heterocycles. The number of hydrogen-bond acceptors (Lipinski definition) is 4. The molecule has 0 radical (unpaired) electrons. The van der Waals surface area contributed by atoms with Crippen LogP contribution in [0.4, 0.5) is 0 Å². The van der Waals surface area contributed by atoms with Gasteiger partial charge in [-0.3, -0.25) is 9.59 Å². The molecule has 0 heterocycles. The molecule has 31 heavy (non-hydrogen) atoms. The van der Waals surface area contributed by atoms with Crippen molar-refractivity contribution in [2.45, 2.75) is 156 Å². The van der Waals surface area contributed by atoms with Crippen LogP contribution >= 0.6 is 0 Å². The van der Waals surface area contributed by atoms with Crippen molar-refractivity contribution in [1.29, 1.82) is 0 Å². The van der Waals surface area contributed by atoms with Crippen molar-refractivity contribution in [2.75, 3.05) is 0 Å². The van der Waals surface area contributed by atoms with E-state index in [9.17, 15) is 9.59 Å². The molecule has 0 bridgehead atoms. The fourth-order valence-corrected chi connectivity index (χ4v) is 3.99. The standard InChI is InChI=1S/C27H52O4/c1-6-25(21-22-27(29)31-24(4)5)19-17-15-13-11-9-7-8-10-12-14-16-18-20-26(28)30-23(2)3/h23-25H,6-22H2,1-5H3. The molecule has 0 spiro atoms. The van der Waals surface area contributed by atoms with Crippen LogP contribution < -0.4 is 0 Å². The molecule has 0 N–H and O–H groups in total. The summed E-state index contributed by atoms with van der Waals surface area (Å²) < 4.78 is 10.4. The summed E-state index contributed by atoms with van der Waals surface area (Å²) in [5, 5.41) is 0. The maximum Gasteiger partial charge on any atom is 0.306 e. The number of unbranched alkanes of at least 4 members (excludes halogenated alkanes) is 11. The topological polar surface area (TPSA) is 52.6 Å². The molecule has 0 aliphatic heterocycles. The second kappa shape index (κ2) is 20.8. The summed E-state index contributed by atoms with van der Waals surface area (Å²) in [6.45, 7) is 9.85. The fourth-order valence-electron chi connectivity index (χ4n) is 3.99. The highest BCUT2D eigenvalue weighted by Crippen LogP contribution is 2.20. The molecule has 0 fully saturated rings. The van der Waals surface area contributed by atoms with E-state index in [0.29, 0.717) is 18.8 Å². The molecule has 0 aromatic rings. The highest BCUT2D eigenvalue weighted by Gasteiger charge is 2.11. The largest absolute Gasteiger partial charge is 0.463 e. The Hall–Kier alpha value is -1.06. The second-order valence-corrected chi connectivity index (χ2v) is 9.67. The zero-order valence-corrected chi connectivity index (χ0v) is 21.4. The van der Waals surface area contributed by atoms with Crippen molar-refractivity contribution in [2.24, 2.45) is 5.92 Å². The average molecular weight is 441 g/mol. The quantitative estimate of drug-likeness (QED) is 0.133. The molecule has 0 aliphatic carbocycles. The van der Waals surface area contributed by atoms with Crippen molar-refractivity contribution >= 4 is 11.9 Å². The molecule has 0 saturated heterocycles. The molecule has 0 saturated carbocycles. The first kappa shape index (κ1) is 29.9. The second-order valence-electron chi connectivity index (χ2n) is 9.67. The first-order valence-corrected chi connectivity index (χ1v) is 13.2. The minimum atomic E-state index is -0.0495. The van der Waals surface area contributed by atoms with E-state index in [1.807, 2.05) is 27.7 Å². The number of rotatable bonds is 21. The van der Waals surface area contributed by atoms with Gasteiger partial charge in [-0.05, 0) is 46.5 Å². The molecule has 0 rings (SSSR count). The molecule has 1 unspecified atom stereocenters. The van der Waals surface area contributed by atoms with Crippen LogP contribution in [0.15, 0.2) is 0 Å². The van der Waals surface area contributed by atoms with Gasteiger partial charge in [-0.25, -0.2) is 0 Å². The SMILES string of the molecule is CCC(CCCCCCCCCCCCCCC(=O)OC(C)C)CCC(=O)OC(C)C. The Labute approximate surface area is 193 Å². The van der Waals surface area contributed by atoms with Crippen molar-refractivity contribution < 1.29 is 19.1 Å². The van der Waals surface area contributed by atoms with Gasteiger partial charge >= 0.3 is 11.9 Å². The van der Waals surface area contributed by atoms with Crippen LogP contribution in [-0.4, -0.2) is 24.1 Å². The first-order valence-electron chi connectivity index (χ1n) is 13.2. The highest BCUT2D eigenvalue weighted by molar-refractivity contribution is 5.69. The van der Waals surface area contributed by atoms with Crippen LogP contribution in [0.1, 0.15) is 144 Å². The van der Waals surface area contributed by atoms with Gasteiger partial charge in [-0.2, -0.15) is 0 Å². The zero-order chi connectivity index (χ0) is 23.3. The Balaban J connectivity index is 3.38. The van der Waals surface area contributed by atoms with E-state index in [2.05, 4.69) is 6.92 Å². The summed E-state index contributed by atoms with van der Waals surface area (Å²) >= 11 is 0. The smallest absolute Gasteiger partial charge is 0.306 e. The third kappa shape index (κ3) is 21.9. The Morgan fingerprint density at radius 2 is 0.935 bits per heavy atom. The normalized spacial score (nSPS) is 12.4. The number of esters is 2. The Bertz CT molecular complexity index is 431. The van der Waals surface area contributed by atoms with Gasteiger partial charge in [0.15, 0.2) is 0 Å². The van der Waals surface area contributed by atoms with Crippen LogP contribution in [-0.2, 0) is 19.1 Å². The number of carbonyl (C=O) groups excluding carboxylic acids is 2. The lowest BCUT2D eigenvalue weighted by Crippen LogP contribution is -2.12.